The lowest BCUT2D eigenvalue weighted by Gasteiger charge is -2.13. The Kier molecular flexibility index (Phi) is 3.94. The average molecular weight is 302 g/mol. The molecule has 20 heavy (non-hydrogen) atoms. The molecule has 0 aliphatic carbocycles. The largest absolute Gasteiger partial charge is 0.573 e. The molecule has 104 valence electrons. The second-order valence-electron chi connectivity index (χ2n) is 3.75. The molecule has 1 heterocycles. The second-order valence-corrected chi connectivity index (χ2v) is 4.16. The lowest BCUT2D eigenvalue weighted by Crippen LogP contribution is -2.17. The predicted octanol–water partition coefficient (Wildman–Crippen LogP) is 4.11. The average Bonchev–Trinajstić information content (AvgIpc) is 2.38. The lowest BCUT2D eigenvalue weighted by molar-refractivity contribution is -0.274. The van der Waals surface area contributed by atoms with Gasteiger partial charge in [0, 0.05) is 17.3 Å². The summed E-state index contributed by atoms with van der Waals surface area (Å²) < 4.78 is 40.9. The maximum absolute atomic E-state index is 12.3. The molecular weight excluding hydrogens is 295 g/mol. The molecule has 0 atom stereocenters. The number of carbonyl (C=O) groups excluding carboxylic acids is 1. The van der Waals surface area contributed by atoms with Crippen molar-refractivity contribution in [3.63, 3.8) is 0 Å². The molecule has 1 aromatic heterocycles. The van der Waals surface area contributed by atoms with Gasteiger partial charge in [-0.25, -0.2) is 0 Å². The van der Waals surface area contributed by atoms with Crippen LogP contribution in [0.25, 0.3) is 11.3 Å². The van der Waals surface area contributed by atoms with Crippen molar-refractivity contribution in [3.05, 3.63) is 47.1 Å². The predicted molar refractivity (Wildman–Crippen MR) is 66.8 cm³/mol. The monoisotopic (exact) mass is 301 g/mol. The van der Waals surface area contributed by atoms with Gasteiger partial charge in [0.2, 0.25) is 0 Å². The minimum Gasteiger partial charge on any atom is -0.405 e. The Balaban J connectivity index is 2.50. The Labute approximate surface area is 117 Å². The first-order valence-corrected chi connectivity index (χ1v) is 5.74. The standard InChI is InChI=1S/C13H7ClF3NO2/c14-10-6-18-11(5-8(10)7-19)9-3-1-2-4-12(9)20-13(15,16)17/h1-7H. The summed E-state index contributed by atoms with van der Waals surface area (Å²) in [5, 5.41) is 0.123. The molecule has 0 fully saturated rings. The van der Waals surface area contributed by atoms with Gasteiger partial charge < -0.3 is 4.74 Å². The highest BCUT2D eigenvalue weighted by molar-refractivity contribution is 6.32. The Morgan fingerprint density at radius 1 is 1.25 bits per heavy atom. The molecular formula is C13H7ClF3NO2. The van der Waals surface area contributed by atoms with E-state index in [2.05, 4.69) is 9.72 Å². The third-order valence-electron chi connectivity index (χ3n) is 2.40. The van der Waals surface area contributed by atoms with E-state index in [4.69, 9.17) is 11.6 Å². The summed E-state index contributed by atoms with van der Waals surface area (Å²) in [7, 11) is 0. The zero-order valence-corrected chi connectivity index (χ0v) is 10.6. The third kappa shape index (κ3) is 3.27. The molecule has 0 radical (unpaired) electrons. The number of ether oxygens (including phenoxy) is 1. The Bertz CT molecular complexity index is 644. The number of alkyl halides is 3. The number of rotatable bonds is 3. The molecule has 0 aliphatic rings. The van der Waals surface area contributed by atoms with Gasteiger partial charge in [0.25, 0.3) is 0 Å². The van der Waals surface area contributed by atoms with Crippen molar-refractivity contribution in [3.8, 4) is 17.0 Å². The maximum Gasteiger partial charge on any atom is 0.573 e. The summed E-state index contributed by atoms with van der Waals surface area (Å²) in [4.78, 5) is 14.7. The molecule has 0 saturated carbocycles. The minimum atomic E-state index is -4.81. The molecule has 0 saturated heterocycles. The number of benzene rings is 1. The highest BCUT2D eigenvalue weighted by Gasteiger charge is 2.32. The number of pyridine rings is 1. The number of aromatic nitrogens is 1. The van der Waals surface area contributed by atoms with Crippen molar-refractivity contribution in [2.45, 2.75) is 6.36 Å². The first-order chi connectivity index (χ1) is 9.40. The van der Waals surface area contributed by atoms with E-state index in [0.29, 0.717) is 6.29 Å². The van der Waals surface area contributed by atoms with Gasteiger partial charge in [0.05, 0.1) is 10.7 Å². The summed E-state index contributed by atoms with van der Waals surface area (Å²) in [5.41, 5.74) is 0.416. The molecule has 0 unspecified atom stereocenters. The van der Waals surface area contributed by atoms with E-state index >= 15 is 0 Å². The third-order valence-corrected chi connectivity index (χ3v) is 2.72. The van der Waals surface area contributed by atoms with Gasteiger partial charge in [0.15, 0.2) is 6.29 Å². The summed E-state index contributed by atoms with van der Waals surface area (Å²) in [6, 6.07) is 6.82. The van der Waals surface area contributed by atoms with Crippen molar-refractivity contribution < 1.29 is 22.7 Å². The summed E-state index contributed by atoms with van der Waals surface area (Å²) >= 11 is 5.73. The number of carbonyl (C=O) groups is 1. The summed E-state index contributed by atoms with van der Waals surface area (Å²) in [5.74, 6) is -0.397. The number of hydrogen-bond acceptors (Lipinski definition) is 3. The van der Waals surface area contributed by atoms with Gasteiger partial charge in [0.1, 0.15) is 5.75 Å². The number of para-hydroxylation sites is 1. The van der Waals surface area contributed by atoms with Gasteiger partial charge in [-0.05, 0) is 18.2 Å². The number of hydrogen-bond donors (Lipinski definition) is 0. The smallest absolute Gasteiger partial charge is 0.405 e. The van der Waals surface area contributed by atoms with Gasteiger partial charge in [-0.2, -0.15) is 0 Å². The number of halogens is 4. The van der Waals surface area contributed by atoms with Crippen LogP contribution in [0.4, 0.5) is 13.2 Å². The van der Waals surface area contributed by atoms with Crippen LogP contribution in [0.1, 0.15) is 10.4 Å². The van der Waals surface area contributed by atoms with Crippen LogP contribution in [0.5, 0.6) is 5.75 Å². The van der Waals surface area contributed by atoms with Gasteiger partial charge >= 0.3 is 6.36 Å². The van der Waals surface area contributed by atoms with Crippen molar-refractivity contribution in [2.24, 2.45) is 0 Å². The number of nitrogens with zero attached hydrogens (tertiary/aromatic N) is 1. The topological polar surface area (TPSA) is 39.2 Å². The first-order valence-electron chi connectivity index (χ1n) is 5.36. The fourth-order valence-electron chi connectivity index (χ4n) is 1.58. The van der Waals surface area contributed by atoms with Gasteiger partial charge in [-0.15, -0.1) is 13.2 Å². The Morgan fingerprint density at radius 3 is 2.60 bits per heavy atom. The molecule has 0 N–H and O–H groups in total. The molecule has 7 heteroatoms. The van der Waals surface area contributed by atoms with Crippen molar-refractivity contribution in [1.82, 2.24) is 4.98 Å². The zero-order chi connectivity index (χ0) is 14.8. The lowest BCUT2D eigenvalue weighted by atomic mass is 10.1. The molecule has 0 bridgehead atoms. The van der Waals surface area contributed by atoms with E-state index in [1.807, 2.05) is 0 Å². The van der Waals surface area contributed by atoms with Gasteiger partial charge in [-0.1, -0.05) is 23.7 Å². The normalized spacial score (nSPS) is 11.2. The fourth-order valence-corrected chi connectivity index (χ4v) is 1.73. The van der Waals surface area contributed by atoms with E-state index in [9.17, 15) is 18.0 Å². The molecule has 1 aromatic carbocycles. The van der Waals surface area contributed by atoms with Gasteiger partial charge in [-0.3, -0.25) is 9.78 Å². The summed E-state index contributed by atoms with van der Waals surface area (Å²) in [6.07, 6.45) is -3.11. The van der Waals surface area contributed by atoms with Crippen LogP contribution in [0.15, 0.2) is 36.5 Å². The van der Waals surface area contributed by atoms with Crippen molar-refractivity contribution >= 4 is 17.9 Å². The van der Waals surface area contributed by atoms with Crippen LogP contribution < -0.4 is 4.74 Å². The van der Waals surface area contributed by atoms with Crippen molar-refractivity contribution in [1.29, 1.82) is 0 Å². The van der Waals surface area contributed by atoms with Crippen LogP contribution in [-0.4, -0.2) is 17.6 Å². The highest BCUT2D eigenvalue weighted by Crippen LogP contribution is 2.33. The van der Waals surface area contributed by atoms with Crippen LogP contribution in [0.2, 0.25) is 5.02 Å². The molecule has 3 nitrogen and oxygen atoms in total. The van der Waals surface area contributed by atoms with E-state index in [-0.39, 0.29) is 21.8 Å². The van der Waals surface area contributed by atoms with E-state index in [1.165, 1.54) is 36.5 Å². The van der Waals surface area contributed by atoms with E-state index in [1.54, 1.807) is 0 Å². The minimum absolute atomic E-state index is 0.115. The SMILES string of the molecule is O=Cc1cc(-c2ccccc2OC(F)(F)F)ncc1Cl. The quantitative estimate of drug-likeness (QED) is 0.801. The number of aldehydes is 1. The van der Waals surface area contributed by atoms with Crippen LogP contribution >= 0.6 is 11.6 Å². The molecule has 0 amide bonds. The van der Waals surface area contributed by atoms with E-state index in [0.717, 1.165) is 0 Å². The van der Waals surface area contributed by atoms with Crippen LogP contribution in [0, 0.1) is 0 Å². The molecule has 0 aliphatic heterocycles. The van der Waals surface area contributed by atoms with Crippen molar-refractivity contribution in [2.75, 3.05) is 0 Å². The van der Waals surface area contributed by atoms with Crippen LogP contribution in [0.3, 0.4) is 0 Å². The highest BCUT2D eigenvalue weighted by atomic mass is 35.5. The van der Waals surface area contributed by atoms with Crippen LogP contribution in [-0.2, 0) is 0 Å². The maximum atomic E-state index is 12.3. The Hall–Kier alpha value is -2.08. The second kappa shape index (κ2) is 5.50. The Morgan fingerprint density at radius 2 is 1.95 bits per heavy atom. The molecule has 0 spiro atoms. The summed E-state index contributed by atoms with van der Waals surface area (Å²) in [6.45, 7) is 0. The molecule has 2 aromatic rings. The zero-order valence-electron chi connectivity index (χ0n) is 9.82. The molecule has 2 rings (SSSR count). The van der Waals surface area contributed by atoms with E-state index < -0.39 is 12.1 Å². The first kappa shape index (κ1) is 14.3. The fraction of sp³-hybridized carbons (Fsp3) is 0.0769.